The van der Waals surface area contributed by atoms with E-state index in [1.165, 1.54) is 11.9 Å². The fourth-order valence-corrected chi connectivity index (χ4v) is 1.19. The van der Waals surface area contributed by atoms with Gasteiger partial charge >= 0.3 is 0 Å². The monoisotopic (exact) mass is 276 g/mol. The molecule has 0 fully saturated rings. The molecule has 1 aromatic carbocycles. The molecule has 0 radical (unpaired) electrons. The van der Waals surface area contributed by atoms with Crippen molar-refractivity contribution in [3.8, 4) is 0 Å². The first-order valence-corrected chi connectivity index (χ1v) is 7.54. The van der Waals surface area contributed by atoms with Gasteiger partial charge in [0.15, 0.2) is 6.71 Å². The first kappa shape index (κ1) is 20.7. The van der Waals surface area contributed by atoms with Gasteiger partial charge in [0, 0.05) is 6.42 Å². The zero-order valence-corrected chi connectivity index (χ0v) is 14.1. The van der Waals surface area contributed by atoms with Crippen molar-refractivity contribution < 1.29 is 4.42 Å². The van der Waals surface area contributed by atoms with E-state index in [-0.39, 0.29) is 0 Å². The molecule has 0 aliphatic carbocycles. The minimum Gasteiger partial charge on any atom is -0.428 e. The summed E-state index contributed by atoms with van der Waals surface area (Å²) in [7, 11) is 0. The Hall–Kier alpha value is -1.58. The molecule has 0 saturated heterocycles. The fourth-order valence-electron chi connectivity index (χ4n) is 1.19. The van der Waals surface area contributed by atoms with E-state index in [1.54, 1.807) is 0 Å². The van der Waals surface area contributed by atoms with E-state index in [0.29, 0.717) is 12.6 Å². The van der Waals surface area contributed by atoms with Crippen LogP contribution in [0.1, 0.15) is 40.5 Å². The van der Waals surface area contributed by atoms with Crippen LogP contribution in [0.2, 0.25) is 13.6 Å². The Bertz CT molecular complexity index is 375. The highest BCUT2D eigenvalue weighted by atomic mass is 16.4. The van der Waals surface area contributed by atoms with Crippen LogP contribution < -0.4 is 5.46 Å². The first-order valence-electron chi connectivity index (χ1n) is 7.54. The summed E-state index contributed by atoms with van der Waals surface area (Å²) >= 11 is 0. The predicted molar refractivity (Wildman–Crippen MR) is 89.9 cm³/mol. The number of aryl methyl sites for hydroxylation is 1. The Kier molecular flexibility index (Phi) is 16.1. The lowest BCUT2D eigenvalue weighted by Gasteiger charge is -1.98. The molecule has 1 heterocycles. The maximum Gasteiger partial charge on any atom is 0.215 e. The summed E-state index contributed by atoms with van der Waals surface area (Å²) in [6.45, 7) is 15.0. The standard InChI is InChI=1S/C8H11B.C4H6N2O.2C2H6/c1-9(2)8-6-4-3-5-7-8;1-2-4-6-5-3-7-4;2*1-2/h3-7H,1-2H3;3H,2H2,1H3;2*1-2H3. The topological polar surface area (TPSA) is 38.9 Å². The molecular weight excluding hydrogens is 247 g/mol. The quantitative estimate of drug-likeness (QED) is 0.766. The van der Waals surface area contributed by atoms with E-state index in [1.807, 2.05) is 40.7 Å². The van der Waals surface area contributed by atoms with E-state index in [4.69, 9.17) is 4.42 Å². The summed E-state index contributed by atoms with van der Waals surface area (Å²) < 4.78 is 4.76. The largest absolute Gasteiger partial charge is 0.428 e. The van der Waals surface area contributed by atoms with Crippen LogP contribution in [0, 0.1) is 0 Å². The highest BCUT2D eigenvalue weighted by Gasteiger charge is 1.98. The van der Waals surface area contributed by atoms with Gasteiger partial charge < -0.3 is 4.42 Å². The molecule has 2 aromatic rings. The molecule has 0 amide bonds. The number of benzene rings is 1. The molecule has 0 spiro atoms. The Morgan fingerprint density at radius 2 is 1.55 bits per heavy atom. The van der Waals surface area contributed by atoms with Crippen LogP contribution >= 0.6 is 0 Å². The summed E-state index contributed by atoms with van der Waals surface area (Å²) in [5.74, 6) is 0.694. The van der Waals surface area contributed by atoms with Gasteiger partial charge in [-0.25, -0.2) is 0 Å². The average Bonchev–Trinajstić information content (AvgIpc) is 3.06. The Morgan fingerprint density at radius 3 is 1.80 bits per heavy atom. The van der Waals surface area contributed by atoms with Gasteiger partial charge in [-0.1, -0.05) is 84.1 Å². The van der Waals surface area contributed by atoms with Crippen LogP contribution in [-0.2, 0) is 6.42 Å². The van der Waals surface area contributed by atoms with Crippen molar-refractivity contribution >= 4 is 12.2 Å². The molecule has 0 N–H and O–H groups in total. The molecule has 0 aliphatic rings. The molecular formula is C16H29BN2O. The van der Waals surface area contributed by atoms with E-state index in [0.717, 1.165) is 6.42 Å². The van der Waals surface area contributed by atoms with Crippen LogP contribution in [0.15, 0.2) is 41.1 Å². The van der Waals surface area contributed by atoms with Crippen molar-refractivity contribution in [2.75, 3.05) is 0 Å². The van der Waals surface area contributed by atoms with Gasteiger partial charge in [-0.3, -0.25) is 0 Å². The minimum atomic E-state index is 0.659. The Balaban J connectivity index is 0. The SMILES string of the molecule is CB(C)c1ccccc1.CC.CC.CCc1nnco1. The van der Waals surface area contributed by atoms with E-state index < -0.39 is 0 Å². The first-order chi connectivity index (χ1) is 9.74. The van der Waals surface area contributed by atoms with E-state index in [9.17, 15) is 0 Å². The number of aromatic nitrogens is 2. The molecule has 1 aromatic heterocycles. The zero-order valence-electron chi connectivity index (χ0n) is 14.1. The lowest BCUT2D eigenvalue weighted by molar-refractivity contribution is 0.500. The zero-order chi connectivity index (χ0) is 15.8. The number of rotatable bonds is 2. The maximum atomic E-state index is 4.76. The molecule has 0 aliphatic heterocycles. The minimum absolute atomic E-state index is 0.659. The summed E-state index contributed by atoms with van der Waals surface area (Å²) in [4.78, 5) is 0. The van der Waals surface area contributed by atoms with Crippen molar-refractivity contribution in [1.82, 2.24) is 10.2 Å². The molecule has 0 atom stereocenters. The van der Waals surface area contributed by atoms with E-state index >= 15 is 0 Å². The van der Waals surface area contributed by atoms with Crippen molar-refractivity contribution in [2.45, 2.75) is 54.7 Å². The van der Waals surface area contributed by atoms with Gasteiger partial charge in [0.1, 0.15) is 0 Å². The van der Waals surface area contributed by atoms with Crippen LogP contribution in [0.3, 0.4) is 0 Å². The third-order valence-corrected chi connectivity index (χ3v) is 2.17. The number of hydrogen-bond donors (Lipinski definition) is 0. The van der Waals surface area contributed by atoms with Crippen molar-refractivity contribution in [2.24, 2.45) is 0 Å². The van der Waals surface area contributed by atoms with Crippen molar-refractivity contribution in [3.63, 3.8) is 0 Å². The van der Waals surface area contributed by atoms with Gasteiger partial charge in [-0.2, -0.15) is 0 Å². The molecule has 3 nitrogen and oxygen atoms in total. The molecule has 2 rings (SSSR count). The lowest BCUT2D eigenvalue weighted by atomic mass is 9.49. The summed E-state index contributed by atoms with van der Waals surface area (Å²) in [6, 6.07) is 10.5. The van der Waals surface area contributed by atoms with Crippen LogP contribution in [0.4, 0.5) is 0 Å². The molecule has 20 heavy (non-hydrogen) atoms. The van der Waals surface area contributed by atoms with Crippen LogP contribution in [-0.4, -0.2) is 16.9 Å². The number of nitrogens with zero attached hydrogens (tertiary/aromatic N) is 2. The predicted octanol–water partition coefficient (Wildman–Crippen LogP) is 4.33. The lowest BCUT2D eigenvalue weighted by Crippen LogP contribution is -2.21. The Labute approximate surface area is 124 Å². The summed E-state index contributed by atoms with van der Waals surface area (Å²) in [5, 5.41) is 7.09. The number of hydrogen-bond acceptors (Lipinski definition) is 3. The summed E-state index contributed by atoms with van der Waals surface area (Å²) in [6.07, 6.45) is 2.15. The molecule has 0 saturated carbocycles. The van der Waals surface area contributed by atoms with Gasteiger partial charge in [-0.05, 0) is 0 Å². The summed E-state index contributed by atoms with van der Waals surface area (Å²) in [5.41, 5.74) is 1.41. The van der Waals surface area contributed by atoms with Crippen LogP contribution in [0.25, 0.3) is 0 Å². The smallest absolute Gasteiger partial charge is 0.215 e. The Morgan fingerprint density at radius 1 is 1.00 bits per heavy atom. The second-order valence-electron chi connectivity index (χ2n) is 3.75. The highest BCUT2D eigenvalue weighted by molar-refractivity contribution is 6.70. The molecule has 0 unspecified atom stereocenters. The fraction of sp³-hybridized carbons (Fsp3) is 0.500. The van der Waals surface area contributed by atoms with Gasteiger partial charge in [0.25, 0.3) is 0 Å². The van der Waals surface area contributed by atoms with Gasteiger partial charge in [0.05, 0.1) is 0 Å². The third kappa shape index (κ3) is 10.4. The van der Waals surface area contributed by atoms with Crippen molar-refractivity contribution in [1.29, 1.82) is 0 Å². The van der Waals surface area contributed by atoms with Gasteiger partial charge in [0.2, 0.25) is 12.3 Å². The second kappa shape index (κ2) is 15.5. The van der Waals surface area contributed by atoms with Crippen LogP contribution in [0.5, 0.6) is 0 Å². The van der Waals surface area contributed by atoms with E-state index in [2.05, 4.69) is 48.1 Å². The average molecular weight is 276 g/mol. The highest BCUT2D eigenvalue weighted by Crippen LogP contribution is 1.89. The second-order valence-corrected chi connectivity index (χ2v) is 3.75. The molecule has 0 bridgehead atoms. The molecule has 4 heteroatoms. The maximum absolute atomic E-state index is 4.76. The van der Waals surface area contributed by atoms with Gasteiger partial charge in [-0.15, -0.1) is 10.2 Å². The third-order valence-electron chi connectivity index (χ3n) is 2.17. The molecule has 112 valence electrons. The van der Waals surface area contributed by atoms with Crippen molar-refractivity contribution in [3.05, 3.63) is 42.6 Å². The normalized spacial score (nSPS) is 7.95.